The van der Waals surface area contributed by atoms with Crippen LogP contribution in [0.4, 0.5) is 0 Å². The van der Waals surface area contributed by atoms with E-state index in [0.29, 0.717) is 24.4 Å². The lowest BCUT2D eigenvalue weighted by molar-refractivity contribution is -0.142. The van der Waals surface area contributed by atoms with Gasteiger partial charge < -0.3 is 4.74 Å². The first-order chi connectivity index (χ1) is 10.2. The fourth-order valence-corrected chi connectivity index (χ4v) is 5.06. The predicted octanol–water partition coefficient (Wildman–Crippen LogP) is 3.36. The zero-order chi connectivity index (χ0) is 14.2. The van der Waals surface area contributed by atoms with Crippen molar-refractivity contribution in [2.45, 2.75) is 24.2 Å². The van der Waals surface area contributed by atoms with E-state index in [4.69, 9.17) is 4.74 Å². The zero-order valence-corrected chi connectivity index (χ0v) is 11.9. The van der Waals surface area contributed by atoms with Crippen LogP contribution in [0.1, 0.15) is 41.0 Å². The molecule has 1 fully saturated rings. The van der Waals surface area contributed by atoms with Gasteiger partial charge in [0.15, 0.2) is 0 Å². The third-order valence-corrected chi connectivity index (χ3v) is 5.69. The molecule has 3 aliphatic carbocycles. The summed E-state index contributed by atoms with van der Waals surface area (Å²) in [7, 11) is 0. The summed E-state index contributed by atoms with van der Waals surface area (Å²) in [6.45, 7) is 1.98. The van der Waals surface area contributed by atoms with Crippen molar-refractivity contribution in [1.82, 2.24) is 0 Å². The topological polar surface area (TPSA) is 26.3 Å². The Labute approximate surface area is 123 Å². The molecule has 0 aromatic heterocycles. The summed E-state index contributed by atoms with van der Waals surface area (Å²) in [6.07, 6.45) is 0. The SMILES string of the molecule is CC(=O)OCC12c3ccccc3[C@@H]3C1[C@@H]3c1ccccc12. The molecular formula is C19H16O2. The second-order valence-corrected chi connectivity index (χ2v) is 6.50. The molecule has 0 bridgehead atoms. The van der Waals surface area contributed by atoms with Gasteiger partial charge in [-0.05, 0) is 40.0 Å². The molecule has 2 unspecified atom stereocenters. The minimum atomic E-state index is -0.188. The molecule has 5 rings (SSSR count). The van der Waals surface area contributed by atoms with E-state index >= 15 is 0 Å². The molecule has 21 heavy (non-hydrogen) atoms. The van der Waals surface area contributed by atoms with Crippen LogP contribution in [0.2, 0.25) is 0 Å². The summed E-state index contributed by atoms with van der Waals surface area (Å²) in [6, 6.07) is 17.4. The summed E-state index contributed by atoms with van der Waals surface area (Å²) >= 11 is 0. The van der Waals surface area contributed by atoms with Gasteiger partial charge in [0.05, 0.1) is 5.41 Å². The van der Waals surface area contributed by atoms with Crippen LogP contribution in [0, 0.1) is 5.92 Å². The quantitative estimate of drug-likeness (QED) is 0.786. The highest BCUT2D eigenvalue weighted by atomic mass is 16.5. The predicted molar refractivity (Wildman–Crippen MR) is 79.3 cm³/mol. The Balaban J connectivity index is 1.76. The van der Waals surface area contributed by atoms with Crippen molar-refractivity contribution < 1.29 is 9.53 Å². The van der Waals surface area contributed by atoms with Gasteiger partial charge in [-0.2, -0.15) is 0 Å². The van der Waals surface area contributed by atoms with Gasteiger partial charge in [0, 0.05) is 6.92 Å². The molecule has 0 saturated heterocycles. The molecule has 4 atom stereocenters. The van der Waals surface area contributed by atoms with E-state index in [-0.39, 0.29) is 11.4 Å². The lowest BCUT2D eigenvalue weighted by atomic mass is 9.76. The van der Waals surface area contributed by atoms with Gasteiger partial charge in [0.2, 0.25) is 0 Å². The van der Waals surface area contributed by atoms with Gasteiger partial charge in [-0.25, -0.2) is 0 Å². The minimum absolute atomic E-state index is 0.103. The van der Waals surface area contributed by atoms with Crippen molar-refractivity contribution in [3.63, 3.8) is 0 Å². The summed E-state index contributed by atoms with van der Waals surface area (Å²) in [4.78, 5) is 11.4. The lowest BCUT2D eigenvalue weighted by Gasteiger charge is -2.30. The smallest absolute Gasteiger partial charge is 0.302 e. The largest absolute Gasteiger partial charge is 0.465 e. The molecular weight excluding hydrogens is 260 g/mol. The van der Waals surface area contributed by atoms with Crippen LogP contribution in [0.3, 0.4) is 0 Å². The van der Waals surface area contributed by atoms with Crippen molar-refractivity contribution in [3.05, 3.63) is 70.8 Å². The first-order valence-corrected chi connectivity index (χ1v) is 7.57. The third kappa shape index (κ3) is 1.18. The van der Waals surface area contributed by atoms with Gasteiger partial charge in [-0.3, -0.25) is 4.79 Å². The first kappa shape index (κ1) is 11.6. The van der Waals surface area contributed by atoms with Crippen molar-refractivity contribution in [3.8, 4) is 0 Å². The molecule has 2 aromatic rings. The number of carbonyl (C=O) groups excluding carboxylic acids is 1. The van der Waals surface area contributed by atoms with Gasteiger partial charge >= 0.3 is 5.97 Å². The van der Waals surface area contributed by atoms with E-state index in [2.05, 4.69) is 48.5 Å². The highest BCUT2D eigenvalue weighted by Gasteiger charge is 2.74. The van der Waals surface area contributed by atoms with Crippen LogP contribution >= 0.6 is 0 Å². The van der Waals surface area contributed by atoms with Crippen molar-refractivity contribution in [2.24, 2.45) is 5.92 Å². The van der Waals surface area contributed by atoms with E-state index in [1.54, 1.807) is 0 Å². The highest BCUT2D eigenvalue weighted by molar-refractivity contribution is 5.70. The average Bonchev–Trinajstić information content (AvgIpc) is 3.11. The summed E-state index contributed by atoms with van der Waals surface area (Å²) in [5, 5.41) is 0. The number of hydrogen-bond donors (Lipinski definition) is 0. The van der Waals surface area contributed by atoms with E-state index < -0.39 is 0 Å². The maximum atomic E-state index is 11.4. The molecule has 104 valence electrons. The van der Waals surface area contributed by atoms with E-state index in [1.165, 1.54) is 29.2 Å². The minimum Gasteiger partial charge on any atom is -0.465 e. The Kier molecular flexibility index (Phi) is 1.96. The monoisotopic (exact) mass is 276 g/mol. The standard InChI is InChI=1S/C19H16O2/c1-11(20)21-10-19-14-8-4-2-6-12(14)16-17(18(16)19)13-7-3-5-9-15(13)19/h2-9,16-18H,10H2,1H3/t16-,17+,18?,19?. The third-order valence-electron chi connectivity index (χ3n) is 5.69. The van der Waals surface area contributed by atoms with E-state index in [9.17, 15) is 4.79 Å². The van der Waals surface area contributed by atoms with Gasteiger partial charge in [0.25, 0.3) is 0 Å². The fraction of sp³-hybridized carbons (Fsp3) is 0.316. The maximum Gasteiger partial charge on any atom is 0.302 e. The van der Waals surface area contributed by atoms with Crippen LogP contribution < -0.4 is 0 Å². The van der Waals surface area contributed by atoms with Crippen molar-refractivity contribution in [2.75, 3.05) is 6.61 Å². The summed E-state index contributed by atoms with van der Waals surface area (Å²) < 4.78 is 5.52. The number of fused-ring (bicyclic) bond motifs is 7. The number of rotatable bonds is 2. The normalized spacial score (nSPS) is 33.1. The van der Waals surface area contributed by atoms with E-state index in [0.717, 1.165) is 0 Å². The second kappa shape index (κ2) is 3.56. The molecule has 0 amide bonds. The Morgan fingerprint density at radius 2 is 1.52 bits per heavy atom. The molecule has 0 aliphatic heterocycles. The Morgan fingerprint density at radius 3 is 2.05 bits per heavy atom. The summed E-state index contributed by atoms with van der Waals surface area (Å²) in [5.41, 5.74) is 5.59. The van der Waals surface area contributed by atoms with Gasteiger partial charge in [0.1, 0.15) is 6.61 Å². The molecule has 0 heterocycles. The van der Waals surface area contributed by atoms with Gasteiger partial charge in [-0.15, -0.1) is 0 Å². The number of carbonyl (C=O) groups is 1. The van der Waals surface area contributed by atoms with Crippen LogP contribution in [0.25, 0.3) is 0 Å². The van der Waals surface area contributed by atoms with Crippen LogP contribution in [0.15, 0.2) is 48.5 Å². The molecule has 2 nitrogen and oxygen atoms in total. The zero-order valence-electron chi connectivity index (χ0n) is 11.9. The van der Waals surface area contributed by atoms with E-state index in [1.807, 2.05) is 0 Å². The molecule has 0 radical (unpaired) electrons. The maximum absolute atomic E-state index is 11.4. The number of esters is 1. The number of ether oxygens (including phenoxy) is 1. The van der Waals surface area contributed by atoms with Crippen LogP contribution in [-0.2, 0) is 14.9 Å². The summed E-state index contributed by atoms with van der Waals surface area (Å²) in [5.74, 6) is 1.66. The Hall–Kier alpha value is -2.09. The van der Waals surface area contributed by atoms with Crippen LogP contribution in [-0.4, -0.2) is 12.6 Å². The molecule has 2 heteroatoms. The molecule has 1 saturated carbocycles. The number of hydrogen-bond acceptors (Lipinski definition) is 2. The second-order valence-electron chi connectivity index (χ2n) is 6.50. The first-order valence-electron chi connectivity index (χ1n) is 7.57. The molecule has 0 N–H and O–H groups in total. The average molecular weight is 276 g/mol. The highest BCUT2D eigenvalue weighted by Crippen LogP contribution is 2.80. The lowest BCUT2D eigenvalue weighted by Crippen LogP contribution is -2.33. The van der Waals surface area contributed by atoms with Gasteiger partial charge in [-0.1, -0.05) is 48.5 Å². The molecule has 0 spiro atoms. The number of benzene rings is 2. The van der Waals surface area contributed by atoms with Crippen molar-refractivity contribution in [1.29, 1.82) is 0 Å². The molecule has 2 aromatic carbocycles. The molecule has 3 aliphatic rings. The fourth-order valence-electron chi connectivity index (χ4n) is 5.06. The Morgan fingerprint density at radius 1 is 1.00 bits per heavy atom. The van der Waals surface area contributed by atoms with Crippen molar-refractivity contribution >= 4 is 5.97 Å². The Bertz CT molecular complexity index is 723. The van der Waals surface area contributed by atoms with Crippen LogP contribution in [0.5, 0.6) is 0 Å².